The Morgan fingerprint density at radius 3 is 2.09 bits per heavy atom. The molecule has 0 unspecified atom stereocenters. The maximum Gasteiger partial charge on any atom is 0.163 e. The third-order valence-electron chi connectivity index (χ3n) is 6.51. The second-order valence-corrected chi connectivity index (χ2v) is 8.67. The molecule has 23 heavy (non-hydrogen) atoms. The van der Waals surface area contributed by atoms with E-state index in [1.54, 1.807) is 0 Å². The first-order chi connectivity index (χ1) is 11.1. The van der Waals surface area contributed by atoms with Gasteiger partial charge in [-0.05, 0) is 68.4 Å². The van der Waals surface area contributed by atoms with E-state index in [1.807, 2.05) is 12.1 Å². The first-order valence-electron chi connectivity index (χ1n) is 8.82. The fourth-order valence-electron chi connectivity index (χ4n) is 6.04. The van der Waals surface area contributed by atoms with Gasteiger partial charge in [0.15, 0.2) is 5.82 Å². The Hall–Kier alpha value is -1.29. The van der Waals surface area contributed by atoms with Crippen LogP contribution in [-0.2, 0) is 12.5 Å². The molecule has 4 aliphatic rings. The van der Waals surface area contributed by atoms with Crippen molar-refractivity contribution in [2.24, 2.45) is 24.8 Å². The van der Waals surface area contributed by atoms with Crippen molar-refractivity contribution in [3.8, 4) is 11.4 Å². The van der Waals surface area contributed by atoms with Gasteiger partial charge in [0.25, 0.3) is 0 Å². The first-order valence-corrected chi connectivity index (χ1v) is 9.27. The summed E-state index contributed by atoms with van der Waals surface area (Å²) in [7, 11) is 2.15. The molecular formula is C19H23N3S. The number of thiol groups is 1. The van der Waals surface area contributed by atoms with Crippen LogP contribution in [0.1, 0.15) is 44.3 Å². The fraction of sp³-hybridized carbons (Fsp3) is 0.579. The smallest absolute Gasteiger partial charge is 0.163 e. The normalized spacial score (nSPS) is 35.0. The molecule has 0 atom stereocenters. The van der Waals surface area contributed by atoms with Crippen LogP contribution in [-0.4, -0.2) is 14.8 Å². The second-order valence-electron chi connectivity index (χ2n) is 8.15. The Morgan fingerprint density at radius 1 is 0.957 bits per heavy atom. The number of hydrogen-bond acceptors (Lipinski definition) is 3. The largest absolute Gasteiger partial charge is 0.314 e. The lowest BCUT2D eigenvalue weighted by Gasteiger charge is -2.56. The molecule has 0 amide bonds. The monoisotopic (exact) mass is 325 g/mol. The average Bonchev–Trinajstić information content (AvgIpc) is 2.89. The summed E-state index contributed by atoms with van der Waals surface area (Å²) in [6.45, 7) is 0. The first kappa shape index (κ1) is 14.1. The van der Waals surface area contributed by atoms with Crippen LogP contribution in [0.4, 0.5) is 0 Å². The average molecular weight is 325 g/mol. The summed E-state index contributed by atoms with van der Waals surface area (Å²) in [5.74, 6) is 5.03. The molecule has 4 aliphatic carbocycles. The van der Waals surface area contributed by atoms with Gasteiger partial charge in [0, 0.05) is 22.9 Å². The number of nitrogens with zero attached hydrogens (tertiary/aromatic N) is 3. The molecule has 2 aromatic rings. The van der Waals surface area contributed by atoms with Crippen molar-refractivity contribution in [3.63, 3.8) is 0 Å². The Labute approximate surface area is 142 Å². The van der Waals surface area contributed by atoms with E-state index in [0.717, 1.165) is 34.0 Å². The molecule has 4 heteroatoms. The van der Waals surface area contributed by atoms with Crippen LogP contribution in [0.25, 0.3) is 11.4 Å². The Kier molecular flexibility index (Phi) is 2.97. The molecule has 1 heterocycles. The molecule has 1 aromatic heterocycles. The van der Waals surface area contributed by atoms with Crippen molar-refractivity contribution in [2.75, 3.05) is 0 Å². The highest BCUT2D eigenvalue weighted by Gasteiger charge is 2.53. The number of aromatic nitrogens is 3. The molecule has 4 bridgehead atoms. The van der Waals surface area contributed by atoms with Gasteiger partial charge in [0.05, 0.1) is 0 Å². The van der Waals surface area contributed by atoms with Gasteiger partial charge in [-0.1, -0.05) is 12.1 Å². The highest BCUT2D eigenvalue weighted by atomic mass is 32.1. The van der Waals surface area contributed by atoms with Gasteiger partial charge in [-0.15, -0.1) is 22.8 Å². The summed E-state index contributed by atoms with van der Waals surface area (Å²) in [4.78, 5) is 0.984. The molecule has 4 saturated carbocycles. The van der Waals surface area contributed by atoms with Gasteiger partial charge in [0.2, 0.25) is 0 Å². The van der Waals surface area contributed by atoms with Crippen molar-refractivity contribution in [3.05, 3.63) is 30.1 Å². The molecule has 6 rings (SSSR count). The lowest BCUT2D eigenvalue weighted by molar-refractivity contribution is -0.0107. The summed E-state index contributed by atoms with van der Waals surface area (Å²) in [6.07, 6.45) is 8.40. The SMILES string of the molecule is Cn1c(-c2ccc(S)cc2)nnc1C12CC3CC(CC(C3)C1)C2. The predicted octanol–water partition coefficient (Wildman–Crippen LogP) is 4.24. The van der Waals surface area contributed by atoms with E-state index < -0.39 is 0 Å². The van der Waals surface area contributed by atoms with Crippen molar-refractivity contribution >= 4 is 12.6 Å². The number of benzene rings is 1. The summed E-state index contributed by atoms with van der Waals surface area (Å²) >= 11 is 4.38. The summed E-state index contributed by atoms with van der Waals surface area (Å²) in [5, 5.41) is 9.26. The Morgan fingerprint density at radius 2 is 1.52 bits per heavy atom. The molecular weight excluding hydrogens is 302 g/mol. The van der Waals surface area contributed by atoms with E-state index in [-0.39, 0.29) is 0 Å². The maximum absolute atomic E-state index is 4.70. The summed E-state index contributed by atoms with van der Waals surface area (Å²) < 4.78 is 2.26. The minimum absolute atomic E-state index is 0.304. The van der Waals surface area contributed by atoms with Crippen LogP contribution in [0.2, 0.25) is 0 Å². The zero-order valence-corrected chi connectivity index (χ0v) is 14.5. The third kappa shape index (κ3) is 2.10. The predicted molar refractivity (Wildman–Crippen MR) is 93.5 cm³/mol. The highest BCUT2D eigenvalue weighted by molar-refractivity contribution is 7.80. The molecule has 0 aliphatic heterocycles. The number of rotatable bonds is 2. The Bertz CT molecular complexity index is 711. The fourth-order valence-corrected chi connectivity index (χ4v) is 6.19. The molecule has 0 saturated heterocycles. The minimum Gasteiger partial charge on any atom is -0.314 e. The summed E-state index contributed by atoms with van der Waals surface area (Å²) in [6, 6.07) is 8.24. The number of hydrogen-bond donors (Lipinski definition) is 1. The van der Waals surface area contributed by atoms with Crippen LogP contribution in [0, 0.1) is 17.8 Å². The zero-order valence-electron chi connectivity index (χ0n) is 13.6. The van der Waals surface area contributed by atoms with Gasteiger partial charge in [-0.25, -0.2) is 0 Å². The van der Waals surface area contributed by atoms with Crippen molar-refractivity contribution in [1.29, 1.82) is 0 Å². The van der Waals surface area contributed by atoms with Gasteiger partial charge < -0.3 is 4.57 Å². The van der Waals surface area contributed by atoms with E-state index in [9.17, 15) is 0 Å². The standard InChI is InChI=1S/C19H23N3S/c1-22-17(15-2-4-16(23)5-3-15)20-21-18(22)19-9-12-6-13(10-19)8-14(7-12)11-19/h2-5,12-14,23H,6-11H2,1H3. The highest BCUT2D eigenvalue weighted by Crippen LogP contribution is 2.60. The quantitative estimate of drug-likeness (QED) is 0.837. The van der Waals surface area contributed by atoms with E-state index in [0.29, 0.717) is 5.41 Å². The van der Waals surface area contributed by atoms with Crippen LogP contribution in [0.15, 0.2) is 29.2 Å². The minimum atomic E-state index is 0.304. The van der Waals surface area contributed by atoms with E-state index >= 15 is 0 Å². The van der Waals surface area contributed by atoms with Crippen LogP contribution in [0.5, 0.6) is 0 Å². The summed E-state index contributed by atoms with van der Waals surface area (Å²) in [5.41, 5.74) is 1.44. The van der Waals surface area contributed by atoms with Crippen LogP contribution in [0.3, 0.4) is 0 Å². The third-order valence-corrected chi connectivity index (χ3v) is 6.81. The van der Waals surface area contributed by atoms with E-state index in [4.69, 9.17) is 5.10 Å². The van der Waals surface area contributed by atoms with Gasteiger partial charge in [-0.2, -0.15) is 0 Å². The van der Waals surface area contributed by atoms with Gasteiger partial charge in [-0.3, -0.25) is 0 Å². The van der Waals surface area contributed by atoms with Crippen LogP contribution < -0.4 is 0 Å². The lowest BCUT2D eigenvalue weighted by Crippen LogP contribution is -2.49. The van der Waals surface area contributed by atoms with E-state index in [2.05, 4.69) is 41.5 Å². The zero-order chi connectivity index (χ0) is 15.6. The van der Waals surface area contributed by atoms with Gasteiger partial charge in [0.1, 0.15) is 5.82 Å². The van der Waals surface area contributed by atoms with E-state index in [1.165, 1.54) is 44.3 Å². The molecule has 3 nitrogen and oxygen atoms in total. The van der Waals surface area contributed by atoms with Gasteiger partial charge >= 0.3 is 0 Å². The van der Waals surface area contributed by atoms with Crippen molar-refractivity contribution in [1.82, 2.24) is 14.8 Å². The van der Waals surface area contributed by atoms with Crippen molar-refractivity contribution < 1.29 is 0 Å². The molecule has 120 valence electrons. The van der Waals surface area contributed by atoms with Crippen LogP contribution >= 0.6 is 12.6 Å². The van der Waals surface area contributed by atoms with Crippen molar-refractivity contribution in [2.45, 2.75) is 48.8 Å². The maximum atomic E-state index is 4.70. The second kappa shape index (κ2) is 4.85. The molecule has 0 N–H and O–H groups in total. The Balaban J connectivity index is 1.56. The molecule has 0 spiro atoms. The molecule has 0 radical (unpaired) electrons. The lowest BCUT2D eigenvalue weighted by atomic mass is 9.49. The topological polar surface area (TPSA) is 30.7 Å². The molecule has 1 aromatic carbocycles. The molecule has 4 fully saturated rings.